The van der Waals surface area contributed by atoms with E-state index in [1.165, 1.54) is 7.05 Å². The largest absolute Gasteiger partial charge is 0.427 e. The minimum Gasteiger partial charge on any atom is -0.427 e. The molecule has 3 atom stereocenters. The van der Waals surface area contributed by atoms with Crippen molar-refractivity contribution in [1.82, 2.24) is 20.0 Å². The number of fused-ring (bicyclic) bond motifs is 2. The third-order valence-electron chi connectivity index (χ3n) is 9.70. The van der Waals surface area contributed by atoms with Crippen LogP contribution in [0.3, 0.4) is 0 Å². The molecule has 10 nitrogen and oxygen atoms in total. The molecule has 3 saturated heterocycles. The van der Waals surface area contributed by atoms with E-state index in [0.717, 1.165) is 23.3 Å². The van der Waals surface area contributed by atoms with Crippen LogP contribution in [0.2, 0.25) is 0 Å². The van der Waals surface area contributed by atoms with Crippen LogP contribution in [0.4, 0.5) is 24.1 Å². The lowest BCUT2D eigenvalue weighted by Gasteiger charge is -2.37. The van der Waals surface area contributed by atoms with Crippen LogP contribution in [0.5, 0.6) is 0 Å². The molecule has 40 heavy (non-hydrogen) atoms. The number of hydrogen-bond donors (Lipinski definition) is 2. The minimum atomic E-state index is -2.54. The molecule has 1 aromatic rings. The van der Waals surface area contributed by atoms with E-state index in [2.05, 4.69) is 15.5 Å². The second-order valence-corrected chi connectivity index (χ2v) is 12.0. The number of rotatable bonds is 5. The number of amides is 5. The summed E-state index contributed by atoms with van der Waals surface area (Å²) in [6.07, 6.45) is 2.41. The van der Waals surface area contributed by atoms with Gasteiger partial charge in [0.05, 0.1) is 0 Å². The number of urea groups is 1. The number of nitrogens with zero attached hydrogens (tertiary/aromatic N) is 3. The normalized spacial score (nSPS) is 30.1. The second-order valence-electron chi connectivity index (χ2n) is 12.0. The number of halogens is 2. The summed E-state index contributed by atoms with van der Waals surface area (Å²) < 4.78 is 33.3. The van der Waals surface area contributed by atoms with Crippen molar-refractivity contribution >= 4 is 29.6 Å². The SMILES string of the molecule is CNC(=O)Nc1ccc2c(c1)CC[C@@]21OC(=O)N(CC(=O)N2[C@H](CN3CCC4(CC3)CC4(F)F)CC[C@@H]2C)C1=O. The average Bonchev–Trinajstić information content (AvgIpc) is 3.22. The molecule has 6 rings (SSSR count). The van der Waals surface area contributed by atoms with Gasteiger partial charge in [0.2, 0.25) is 11.5 Å². The number of likely N-dealkylation sites (tertiary alicyclic amines) is 2. The molecule has 1 aromatic carbocycles. The second kappa shape index (κ2) is 9.39. The molecule has 2 N–H and O–H groups in total. The molecule has 0 bridgehead atoms. The lowest BCUT2D eigenvalue weighted by Crippen LogP contribution is -2.51. The highest BCUT2D eigenvalue weighted by molar-refractivity contribution is 6.06. The van der Waals surface area contributed by atoms with Gasteiger partial charge in [-0.05, 0) is 69.8 Å². The van der Waals surface area contributed by atoms with E-state index >= 15 is 0 Å². The zero-order valence-electron chi connectivity index (χ0n) is 22.8. The molecule has 12 heteroatoms. The minimum absolute atomic E-state index is 0.0150. The molecule has 3 aliphatic heterocycles. The van der Waals surface area contributed by atoms with Gasteiger partial charge in [-0.15, -0.1) is 0 Å². The van der Waals surface area contributed by atoms with Crippen LogP contribution in [-0.4, -0.2) is 89.9 Å². The molecular formula is C28H35F2N5O5. The van der Waals surface area contributed by atoms with Crippen molar-refractivity contribution in [2.24, 2.45) is 5.41 Å². The van der Waals surface area contributed by atoms with Crippen molar-refractivity contribution in [2.45, 2.75) is 75.5 Å². The third kappa shape index (κ3) is 4.22. The van der Waals surface area contributed by atoms with Crippen LogP contribution >= 0.6 is 0 Å². The standard InChI is InChI=1S/C28H35F2N5O5/c1-17-3-5-20(14-33-11-9-26(10-12-33)16-28(26,29)30)35(17)22(36)15-34-23(37)27(40-25(34)39)8-7-18-13-19(4-6-21(18)27)32-24(38)31-2/h4,6,13,17,20H,3,5,7-12,14-16H2,1-2H3,(H2,31,32,38)/t17-,20-,27+/m0/s1. The fraction of sp³-hybridized carbons (Fsp3) is 0.643. The number of hydrogen-bond acceptors (Lipinski definition) is 6. The predicted molar refractivity (Wildman–Crippen MR) is 140 cm³/mol. The maximum atomic E-state index is 13.8. The van der Waals surface area contributed by atoms with Crippen LogP contribution in [0, 0.1) is 5.41 Å². The molecule has 0 unspecified atom stereocenters. The first kappa shape index (κ1) is 26.9. The Morgan fingerprint density at radius 1 is 1.12 bits per heavy atom. The van der Waals surface area contributed by atoms with E-state index < -0.39 is 35.5 Å². The maximum absolute atomic E-state index is 13.8. The Labute approximate surface area is 231 Å². The molecule has 2 spiro atoms. The first-order valence-electron chi connectivity index (χ1n) is 14.1. The number of anilines is 1. The fourth-order valence-electron chi connectivity index (χ4n) is 7.23. The van der Waals surface area contributed by atoms with Gasteiger partial charge in [0.1, 0.15) is 6.54 Å². The van der Waals surface area contributed by atoms with Gasteiger partial charge in [-0.3, -0.25) is 9.59 Å². The Kier molecular flexibility index (Phi) is 6.32. The Morgan fingerprint density at radius 2 is 1.85 bits per heavy atom. The highest BCUT2D eigenvalue weighted by atomic mass is 19.3. The highest BCUT2D eigenvalue weighted by Crippen LogP contribution is 2.65. The Bertz CT molecular complexity index is 1270. The monoisotopic (exact) mass is 559 g/mol. The van der Waals surface area contributed by atoms with E-state index in [-0.39, 0.29) is 36.9 Å². The molecule has 4 fully saturated rings. The summed E-state index contributed by atoms with van der Waals surface area (Å²) in [4.78, 5) is 56.6. The van der Waals surface area contributed by atoms with Gasteiger partial charge in [0, 0.05) is 55.2 Å². The number of carbonyl (C=O) groups excluding carboxylic acids is 4. The summed E-state index contributed by atoms with van der Waals surface area (Å²) in [6.45, 7) is 3.32. The Balaban J connectivity index is 1.12. The smallest absolute Gasteiger partial charge is 0.418 e. The van der Waals surface area contributed by atoms with E-state index in [0.29, 0.717) is 50.1 Å². The predicted octanol–water partition coefficient (Wildman–Crippen LogP) is 3.06. The van der Waals surface area contributed by atoms with Crippen molar-refractivity contribution in [3.8, 4) is 0 Å². The number of ether oxygens (including phenoxy) is 1. The molecule has 0 aromatic heterocycles. The summed E-state index contributed by atoms with van der Waals surface area (Å²) in [5, 5.41) is 5.18. The summed E-state index contributed by atoms with van der Waals surface area (Å²) in [6, 6.07) is 4.57. The molecule has 2 aliphatic carbocycles. The quantitative estimate of drug-likeness (QED) is 0.574. The van der Waals surface area contributed by atoms with Crippen molar-refractivity contribution in [3.05, 3.63) is 29.3 Å². The molecule has 216 valence electrons. The molecule has 5 amide bonds. The van der Waals surface area contributed by atoms with E-state index in [4.69, 9.17) is 4.74 Å². The molecule has 0 radical (unpaired) electrons. The fourth-order valence-corrected chi connectivity index (χ4v) is 7.23. The summed E-state index contributed by atoms with van der Waals surface area (Å²) in [5.41, 5.74) is -0.371. The number of imide groups is 1. The topological polar surface area (TPSA) is 111 Å². The maximum Gasteiger partial charge on any atom is 0.418 e. The zero-order valence-corrected chi connectivity index (χ0v) is 22.8. The molecule has 3 heterocycles. The van der Waals surface area contributed by atoms with Crippen molar-refractivity contribution in [2.75, 3.05) is 38.5 Å². The van der Waals surface area contributed by atoms with Gasteiger partial charge in [-0.25, -0.2) is 23.3 Å². The van der Waals surface area contributed by atoms with Gasteiger partial charge in [-0.2, -0.15) is 0 Å². The molecule has 1 saturated carbocycles. The Hall–Kier alpha value is -3.28. The van der Waals surface area contributed by atoms with Gasteiger partial charge in [0.15, 0.2) is 0 Å². The van der Waals surface area contributed by atoms with Crippen LogP contribution in [0.1, 0.15) is 56.6 Å². The molecular weight excluding hydrogens is 524 g/mol. The van der Waals surface area contributed by atoms with Gasteiger partial charge in [0.25, 0.3) is 11.8 Å². The number of benzene rings is 1. The van der Waals surface area contributed by atoms with Crippen molar-refractivity contribution in [1.29, 1.82) is 0 Å². The van der Waals surface area contributed by atoms with E-state index in [9.17, 15) is 28.0 Å². The van der Waals surface area contributed by atoms with Crippen molar-refractivity contribution < 1.29 is 32.7 Å². The molecule has 5 aliphatic rings. The van der Waals surface area contributed by atoms with Crippen molar-refractivity contribution in [3.63, 3.8) is 0 Å². The van der Waals surface area contributed by atoms with Gasteiger partial charge < -0.3 is 25.2 Å². The lowest BCUT2D eigenvalue weighted by molar-refractivity contribution is -0.143. The number of piperidine rings is 1. The number of carbonyl (C=O) groups is 4. The van der Waals surface area contributed by atoms with E-state index in [1.807, 2.05) is 6.92 Å². The Morgan fingerprint density at radius 3 is 2.52 bits per heavy atom. The van der Waals surface area contributed by atoms with Crippen LogP contribution in [0.25, 0.3) is 0 Å². The van der Waals surface area contributed by atoms with Crippen LogP contribution in [0.15, 0.2) is 18.2 Å². The number of nitrogens with one attached hydrogen (secondary N) is 2. The average molecular weight is 560 g/mol. The first-order valence-corrected chi connectivity index (χ1v) is 14.1. The third-order valence-corrected chi connectivity index (χ3v) is 9.70. The lowest BCUT2D eigenvalue weighted by atomic mass is 9.92. The number of aryl methyl sites for hydroxylation is 1. The van der Waals surface area contributed by atoms with Crippen LogP contribution in [-0.2, 0) is 26.3 Å². The zero-order chi connectivity index (χ0) is 28.4. The van der Waals surface area contributed by atoms with Crippen LogP contribution < -0.4 is 10.6 Å². The summed E-state index contributed by atoms with van der Waals surface area (Å²) in [5.74, 6) is -3.41. The van der Waals surface area contributed by atoms with Gasteiger partial charge >= 0.3 is 12.1 Å². The first-order chi connectivity index (χ1) is 19.0. The summed E-state index contributed by atoms with van der Waals surface area (Å²) >= 11 is 0. The van der Waals surface area contributed by atoms with Gasteiger partial charge in [-0.1, -0.05) is 6.07 Å². The highest BCUT2D eigenvalue weighted by Gasteiger charge is 2.70. The summed E-state index contributed by atoms with van der Waals surface area (Å²) in [7, 11) is 1.51. The van der Waals surface area contributed by atoms with E-state index in [1.54, 1.807) is 23.1 Å². The number of alkyl halides is 2.